The number of hydrogen-bond donors (Lipinski definition) is 4. The molecule has 4 aromatic carbocycles. The fraction of sp³-hybridized carbons (Fsp3) is 0. The molecule has 0 aliphatic carbocycles. The molecule has 0 radical (unpaired) electrons. The molecule has 0 unspecified atom stereocenters. The quantitative estimate of drug-likeness (QED) is 0.0624. The molecule has 0 aliphatic heterocycles. The van der Waals surface area contributed by atoms with Gasteiger partial charge in [-0.05, 0) is 184 Å². The smallest absolute Gasteiger partial charge is 0.347 e. The van der Waals surface area contributed by atoms with Crippen LogP contribution in [0.4, 0.5) is 0 Å². The van der Waals surface area contributed by atoms with Crippen molar-refractivity contribution in [2.75, 3.05) is 0 Å². The number of esters is 3. The van der Waals surface area contributed by atoms with E-state index < -0.39 is 62.3 Å². The highest BCUT2D eigenvalue weighted by atomic mass is 127. The Kier molecular flexibility index (Phi) is 12.5. The number of halogens is 6. The van der Waals surface area contributed by atoms with Gasteiger partial charge in [0.15, 0.2) is 11.5 Å². The van der Waals surface area contributed by atoms with E-state index in [9.17, 15) is 42.7 Å². The number of hydrogen-bond acceptors (Lipinski definition) is 11. The lowest BCUT2D eigenvalue weighted by Crippen LogP contribution is -2.15. The fourth-order valence-corrected chi connectivity index (χ4v) is 11.3. The summed E-state index contributed by atoms with van der Waals surface area (Å²) in [6, 6.07) is 10.1. The van der Waals surface area contributed by atoms with Crippen LogP contribution in [0.15, 0.2) is 53.4 Å². The lowest BCUT2D eigenvalue weighted by atomic mass is 10.1. The zero-order valence-electron chi connectivity index (χ0n) is 21.8. The van der Waals surface area contributed by atoms with Gasteiger partial charge >= 0.3 is 17.9 Å². The highest BCUT2D eigenvalue weighted by Gasteiger charge is 2.27. The Balaban J connectivity index is 1.78. The van der Waals surface area contributed by atoms with Crippen LogP contribution in [0.25, 0.3) is 0 Å². The lowest BCUT2D eigenvalue weighted by Gasteiger charge is -2.15. The molecular weight excluding hydrogens is 1310 g/mol. The summed E-state index contributed by atoms with van der Waals surface area (Å²) in [6.07, 6.45) is 0. The number of phenolic OH excluding ortho intramolecular Hbond substituents is 3. The normalized spacial score (nSPS) is 11.2. The molecule has 0 atom stereocenters. The minimum Gasteiger partial charge on any atom is -0.506 e. The molecule has 0 aliphatic rings. The monoisotopic (exact) mass is 1320 g/mol. The van der Waals surface area contributed by atoms with E-state index in [2.05, 4.69) is 0 Å². The highest BCUT2D eigenvalue weighted by Crippen LogP contribution is 2.40. The van der Waals surface area contributed by atoms with Gasteiger partial charge in [-0.15, -0.1) is 0 Å². The van der Waals surface area contributed by atoms with E-state index in [-0.39, 0.29) is 28.9 Å². The first kappa shape index (κ1) is 37.8. The molecule has 0 aromatic heterocycles. The van der Waals surface area contributed by atoms with Crippen molar-refractivity contribution < 1.29 is 56.9 Å². The molecule has 19 heteroatoms. The summed E-state index contributed by atoms with van der Waals surface area (Å²) in [4.78, 5) is 39.1. The summed E-state index contributed by atoms with van der Waals surface area (Å²) < 4.78 is 51.0. The summed E-state index contributed by atoms with van der Waals surface area (Å²) in [5.41, 5.74) is -0.914. The van der Waals surface area contributed by atoms with E-state index in [4.69, 9.17) is 14.2 Å². The van der Waals surface area contributed by atoms with Crippen molar-refractivity contribution in [3.05, 3.63) is 86.6 Å². The van der Waals surface area contributed by atoms with Crippen molar-refractivity contribution in [2.45, 2.75) is 4.90 Å². The van der Waals surface area contributed by atoms with E-state index in [1.165, 1.54) is 24.3 Å². The molecule has 0 heterocycles. The molecule has 0 fully saturated rings. The average molecular weight is 1320 g/mol. The molecule has 0 amide bonds. The molecule has 12 nitrogen and oxygen atoms in total. The Bertz CT molecular complexity index is 1950. The average Bonchev–Trinajstić information content (AvgIpc) is 2.93. The van der Waals surface area contributed by atoms with Gasteiger partial charge < -0.3 is 29.5 Å². The van der Waals surface area contributed by atoms with Gasteiger partial charge in [-0.1, -0.05) is 0 Å². The molecule has 4 N–H and O–H groups in total. The second-order valence-corrected chi connectivity index (χ2v) is 17.2. The van der Waals surface area contributed by atoms with E-state index in [0.29, 0.717) is 14.3 Å². The van der Waals surface area contributed by atoms with Crippen LogP contribution in [0.2, 0.25) is 0 Å². The van der Waals surface area contributed by atoms with Crippen LogP contribution in [0, 0.1) is 21.4 Å². The summed E-state index contributed by atoms with van der Waals surface area (Å²) in [7, 11) is -4.58. The first-order valence-electron chi connectivity index (χ1n) is 11.7. The third-order valence-electron chi connectivity index (χ3n) is 5.62. The van der Waals surface area contributed by atoms with Gasteiger partial charge in [0.2, 0.25) is 5.75 Å². The van der Waals surface area contributed by atoms with Gasteiger partial charge in [0, 0.05) is 14.3 Å². The van der Waals surface area contributed by atoms with Crippen LogP contribution >= 0.6 is 136 Å². The van der Waals surface area contributed by atoms with Gasteiger partial charge in [-0.2, -0.15) is 8.42 Å². The number of aromatic hydroxyl groups is 3. The van der Waals surface area contributed by atoms with Crippen LogP contribution in [-0.2, 0) is 10.1 Å². The molecule has 0 saturated carbocycles. The first-order valence-corrected chi connectivity index (χ1v) is 19.6. The summed E-state index contributed by atoms with van der Waals surface area (Å²) in [5.74, 6) is -6.45. The van der Waals surface area contributed by atoms with Crippen molar-refractivity contribution in [1.82, 2.24) is 0 Å². The zero-order chi connectivity index (χ0) is 34.2. The number of phenols is 3. The van der Waals surface area contributed by atoms with Gasteiger partial charge in [0.25, 0.3) is 10.1 Å². The zero-order valence-corrected chi connectivity index (χ0v) is 35.6. The van der Waals surface area contributed by atoms with Crippen LogP contribution in [0.5, 0.6) is 34.5 Å². The number of rotatable bonds is 7. The highest BCUT2D eigenvalue weighted by molar-refractivity contribution is 14.1. The fourth-order valence-electron chi connectivity index (χ4n) is 3.62. The number of carbonyl (C=O) groups excluding carboxylic acids is 3. The second kappa shape index (κ2) is 15.3. The summed E-state index contributed by atoms with van der Waals surface area (Å²) >= 11 is 10.7. The minimum absolute atomic E-state index is 0.0450. The van der Waals surface area contributed by atoms with E-state index in [0.717, 1.165) is 12.1 Å². The largest absolute Gasteiger partial charge is 0.506 e. The Morgan fingerprint density at radius 2 is 0.957 bits per heavy atom. The molecule has 240 valence electrons. The van der Waals surface area contributed by atoms with Crippen molar-refractivity contribution >= 4 is 164 Å². The minimum atomic E-state index is -4.58. The van der Waals surface area contributed by atoms with E-state index in [1.54, 1.807) is 57.3 Å². The Labute approximate surface area is 341 Å². The third-order valence-corrected chi connectivity index (χ3v) is 11.9. The van der Waals surface area contributed by atoms with Crippen LogP contribution in [0.1, 0.15) is 31.1 Å². The van der Waals surface area contributed by atoms with Crippen molar-refractivity contribution in [3.63, 3.8) is 0 Å². The first-order chi connectivity index (χ1) is 21.4. The van der Waals surface area contributed by atoms with E-state index in [1.807, 2.05) is 90.4 Å². The standard InChI is InChI=1S/C27H12I6O12S/c28-10-3-13(21(34)15(30)5-10)26(38)44-19-1-9(25(37)43-12-7-17(32)24(18(33)8-12)46(40,41)42)2-20(23(19)36)45-27(39)14-4-11(29)6-16(31)22(14)35/h1-8,34-36H,(H,40,41,42). The molecule has 0 bridgehead atoms. The maximum atomic E-state index is 13.3. The molecule has 0 spiro atoms. The van der Waals surface area contributed by atoms with Gasteiger partial charge in [-0.25, -0.2) is 14.4 Å². The van der Waals surface area contributed by atoms with E-state index >= 15 is 0 Å². The van der Waals surface area contributed by atoms with Crippen LogP contribution < -0.4 is 14.2 Å². The molecule has 0 saturated heterocycles. The summed E-state index contributed by atoms with van der Waals surface area (Å²) in [6.45, 7) is 0. The second-order valence-electron chi connectivity index (χ2n) is 8.75. The van der Waals surface area contributed by atoms with Gasteiger partial charge in [0.1, 0.15) is 33.3 Å². The number of carbonyl (C=O) groups is 3. The van der Waals surface area contributed by atoms with Gasteiger partial charge in [0.05, 0.1) is 12.7 Å². The van der Waals surface area contributed by atoms with Crippen molar-refractivity contribution in [2.24, 2.45) is 0 Å². The molecule has 46 heavy (non-hydrogen) atoms. The maximum Gasteiger partial charge on any atom is 0.347 e. The SMILES string of the molecule is O=C(Oc1cc(I)c(S(=O)(=O)O)c(I)c1)c1cc(OC(=O)c2cc(I)cc(I)c2O)c(O)c(OC(=O)c2cc(I)cc(I)c2O)c1. The van der Waals surface area contributed by atoms with Crippen molar-refractivity contribution in [3.8, 4) is 34.5 Å². The summed E-state index contributed by atoms with van der Waals surface area (Å²) in [5, 5.41) is 31.9. The third kappa shape index (κ3) is 8.76. The van der Waals surface area contributed by atoms with Crippen molar-refractivity contribution in [1.29, 1.82) is 0 Å². The lowest BCUT2D eigenvalue weighted by molar-refractivity contribution is 0.0696. The molecular formula is C27H12I6O12S. The van der Waals surface area contributed by atoms with Crippen LogP contribution in [0.3, 0.4) is 0 Å². The molecule has 4 rings (SSSR count). The molecule has 4 aromatic rings. The predicted molar refractivity (Wildman–Crippen MR) is 212 cm³/mol. The number of benzene rings is 4. The maximum absolute atomic E-state index is 13.3. The topological polar surface area (TPSA) is 194 Å². The predicted octanol–water partition coefficient (Wildman–Crippen LogP) is 7.34. The van der Waals surface area contributed by atoms with Gasteiger partial charge in [-0.3, -0.25) is 4.55 Å². The Morgan fingerprint density at radius 1 is 0.543 bits per heavy atom. The Hall–Kier alpha value is -1.02. The Morgan fingerprint density at radius 3 is 1.35 bits per heavy atom. The van der Waals surface area contributed by atoms with Crippen LogP contribution in [-0.4, -0.2) is 46.2 Å². The number of ether oxygens (including phenoxy) is 3.